The highest BCUT2D eigenvalue weighted by atomic mass is 35.5. The smallest absolute Gasteiger partial charge is 0.314 e. The van der Waals surface area contributed by atoms with Gasteiger partial charge >= 0.3 is 6.18 Å². The first-order valence-electron chi connectivity index (χ1n) is 8.79. The second-order valence-electron chi connectivity index (χ2n) is 6.83. The van der Waals surface area contributed by atoms with E-state index in [-0.39, 0.29) is 29.9 Å². The van der Waals surface area contributed by atoms with Gasteiger partial charge in [-0.05, 0) is 30.4 Å². The molecule has 1 aromatic rings. The predicted molar refractivity (Wildman–Crippen MR) is 92.4 cm³/mol. The molecule has 1 N–H and O–H groups in total. The largest absolute Gasteiger partial charge is 0.419 e. The topological polar surface area (TPSA) is 15.3 Å². The van der Waals surface area contributed by atoms with E-state index in [1.165, 1.54) is 12.1 Å². The van der Waals surface area contributed by atoms with E-state index < -0.39 is 17.6 Å². The molecule has 1 saturated carbocycles. The van der Waals surface area contributed by atoms with E-state index in [0.717, 1.165) is 51.3 Å². The molecular weight excluding hydrogens is 356 g/mol. The number of piperazine rings is 1. The van der Waals surface area contributed by atoms with Crippen molar-refractivity contribution >= 4 is 12.4 Å². The van der Waals surface area contributed by atoms with Crippen LogP contribution in [0.5, 0.6) is 0 Å². The number of alkyl halides is 3. The van der Waals surface area contributed by atoms with Gasteiger partial charge in [-0.3, -0.25) is 4.90 Å². The maximum Gasteiger partial charge on any atom is 0.419 e. The fourth-order valence-electron chi connectivity index (χ4n) is 4.25. The zero-order valence-electron chi connectivity index (χ0n) is 14.1. The van der Waals surface area contributed by atoms with Crippen LogP contribution in [-0.2, 0) is 6.18 Å². The van der Waals surface area contributed by atoms with E-state index in [1.54, 1.807) is 0 Å². The van der Waals surface area contributed by atoms with Crippen LogP contribution in [0.2, 0.25) is 0 Å². The quantitative estimate of drug-likeness (QED) is 0.758. The van der Waals surface area contributed by atoms with Crippen LogP contribution in [0.4, 0.5) is 17.6 Å². The number of rotatable bonds is 3. The molecule has 2 fully saturated rings. The summed E-state index contributed by atoms with van der Waals surface area (Å²) in [7, 11) is 0. The molecule has 1 aliphatic heterocycles. The molecule has 1 saturated heterocycles. The Hall–Kier alpha value is -0.850. The van der Waals surface area contributed by atoms with E-state index >= 15 is 0 Å². The van der Waals surface area contributed by atoms with E-state index in [0.29, 0.717) is 13.1 Å². The van der Waals surface area contributed by atoms with Crippen molar-refractivity contribution in [3.63, 3.8) is 0 Å². The van der Waals surface area contributed by atoms with Crippen molar-refractivity contribution in [1.82, 2.24) is 10.2 Å². The van der Waals surface area contributed by atoms with Gasteiger partial charge < -0.3 is 5.32 Å². The first-order valence-corrected chi connectivity index (χ1v) is 8.79. The Balaban J connectivity index is 0.00000225. The summed E-state index contributed by atoms with van der Waals surface area (Å²) in [5.74, 6) is -0.990. The van der Waals surface area contributed by atoms with Crippen molar-refractivity contribution in [2.24, 2.45) is 5.92 Å². The molecule has 25 heavy (non-hydrogen) atoms. The van der Waals surface area contributed by atoms with E-state index in [9.17, 15) is 17.6 Å². The van der Waals surface area contributed by atoms with Gasteiger partial charge in [0.2, 0.25) is 0 Å². The third-order valence-corrected chi connectivity index (χ3v) is 5.29. The summed E-state index contributed by atoms with van der Waals surface area (Å²) in [4.78, 5) is 2.12. The van der Waals surface area contributed by atoms with Crippen LogP contribution in [0, 0.1) is 11.7 Å². The van der Waals surface area contributed by atoms with Gasteiger partial charge in [0.1, 0.15) is 5.82 Å². The van der Waals surface area contributed by atoms with Gasteiger partial charge in [-0.15, -0.1) is 12.4 Å². The van der Waals surface area contributed by atoms with Crippen LogP contribution in [0.15, 0.2) is 18.2 Å². The zero-order chi connectivity index (χ0) is 17.2. The van der Waals surface area contributed by atoms with Crippen LogP contribution in [0.1, 0.15) is 49.3 Å². The van der Waals surface area contributed by atoms with Gasteiger partial charge in [0.15, 0.2) is 0 Å². The van der Waals surface area contributed by atoms with E-state index in [4.69, 9.17) is 0 Å². The molecule has 0 bridgehead atoms. The first kappa shape index (κ1) is 20.5. The van der Waals surface area contributed by atoms with Crippen molar-refractivity contribution in [1.29, 1.82) is 0 Å². The Kier molecular flexibility index (Phi) is 7.11. The minimum absolute atomic E-state index is 0. The molecule has 1 aromatic carbocycles. The summed E-state index contributed by atoms with van der Waals surface area (Å²) >= 11 is 0. The number of nitrogens with zero attached hydrogens (tertiary/aromatic N) is 1. The summed E-state index contributed by atoms with van der Waals surface area (Å²) in [6.45, 7) is 2.93. The van der Waals surface area contributed by atoms with E-state index in [1.807, 2.05) is 0 Å². The normalized spacial score (nSPS) is 21.6. The third kappa shape index (κ3) is 4.66. The number of hydrogen-bond acceptors (Lipinski definition) is 2. The number of halogens is 5. The van der Waals surface area contributed by atoms with Gasteiger partial charge in [-0.2, -0.15) is 13.2 Å². The molecule has 142 valence electrons. The lowest BCUT2D eigenvalue weighted by Gasteiger charge is -2.42. The lowest BCUT2D eigenvalue weighted by Crippen LogP contribution is -2.47. The molecule has 0 aromatic heterocycles. The third-order valence-electron chi connectivity index (χ3n) is 5.29. The summed E-state index contributed by atoms with van der Waals surface area (Å²) in [5.41, 5.74) is -0.949. The Labute approximate surface area is 152 Å². The van der Waals surface area contributed by atoms with Crippen LogP contribution >= 0.6 is 12.4 Å². The average molecular weight is 381 g/mol. The second-order valence-corrected chi connectivity index (χ2v) is 6.83. The van der Waals surface area contributed by atoms with Gasteiger partial charge in [-0.1, -0.05) is 31.4 Å². The fourth-order valence-corrected chi connectivity index (χ4v) is 4.25. The number of benzene rings is 1. The maximum atomic E-state index is 14.1. The Morgan fingerprint density at radius 2 is 1.68 bits per heavy atom. The molecule has 2 nitrogen and oxygen atoms in total. The summed E-state index contributed by atoms with van der Waals surface area (Å²) in [6.07, 6.45) is 0.403. The molecule has 0 unspecified atom stereocenters. The molecule has 0 spiro atoms. The highest BCUT2D eigenvalue weighted by molar-refractivity contribution is 5.85. The van der Waals surface area contributed by atoms with Gasteiger partial charge in [0.25, 0.3) is 0 Å². The molecule has 1 atom stereocenters. The average Bonchev–Trinajstić information content (AvgIpc) is 2.56. The molecule has 0 amide bonds. The molecule has 7 heteroatoms. The first-order chi connectivity index (χ1) is 11.5. The minimum atomic E-state index is -4.67. The Morgan fingerprint density at radius 1 is 1.04 bits per heavy atom. The maximum absolute atomic E-state index is 14.1. The summed E-state index contributed by atoms with van der Waals surface area (Å²) in [6, 6.07) is 3.47. The van der Waals surface area contributed by atoms with Crippen molar-refractivity contribution in [3.05, 3.63) is 35.1 Å². The second kappa shape index (κ2) is 8.69. The SMILES string of the molecule is Cl.Fc1cccc([C@H](C2CCCCC2)N2CCNCC2)c1C(F)(F)F. The molecule has 0 radical (unpaired) electrons. The lowest BCUT2D eigenvalue weighted by atomic mass is 9.78. The minimum Gasteiger partial charge on any atom is -0.314 e. The standard InChI is InChI=1S/C18H24F4N2.ClH/c19-15-8-4-7-14(16(15)18(20,21)22)17(13-5-2-1-3-6-13)24-11-9-23-10-12-24;/h4,7-8,13,17,23H,1-3,5-6,9-12H2;1H/t17-;/m0./s1. The van der Waals surface area contributed by atoms with Gasteiger partial charge in [0.05, 0.1) is 5.56 Å². The van der Waals surface area contributed by atoms with Crippen molar-refractivity contribution in [3.8, 4) is 0 Å². The van der Waals surface area contributed by atoms with Gasteiger partial charge in [-0.25, -0.2) is 4.39 Å². The van der Waals surface area contributed by atoms with Gasteiger partial charge in [0, 0.05) is 32.2 Å². The summed E-state index contributed by atoms with van der Waals surface area (Å²) in [5, 5.41) is 3.24. The lowest BCUT2D eigenvalue weighted by molar-refractivity contribution is -0.141. The number of hydrogen-bond donors (Lipinski definition) is 1. The van der Waals surface area contributed by atoms with Crippen LogP contribution < -0.4 is 5.32 Å². The van der Waals surface area contributed by atoms with Crippen LogP contribution in [0.25, 0.3) is 0 Å². The van der Waals surface area contributed by atoms with E-state index in [2.05, 4.69) is 10.2 Å². The summed E-state index contributed by atoms with van der Waals surface area (Å²) < 4.78 is 54.7. The monoisotopic (exact) mass is 380 g/mol. The molecular formula is C18H25ClF4N2. The molecule has 3 rings (SSSR count). The zero-order valence-corrected chi connectivity index (χ0v) is 14.9. The van der Waals surface area contributed by atoms with Crippen molar-refractivity contribution < 1.29 is 17.6 Å². The fraction of sp³-hybridized carbons (Fsp3) is 0.667. The molecule has 1 heterocycles. The number of nitrogens with one attached hydrogen (secondary N) is 1. The Bertz CT molecular complexity index is 534. The van der Waals surface area contributed by atoms with Crippen LogP contribution in [-0.4, -0.2) is 31.1 Å². The van der Waals surface area contributed by atoms with Crippen molar-refractivity contribution in [2.75, 3.05) is 26.2 Å². The molecule has 1 aliphatic carbocycles. The Morgan fingerprint density at radius 3 is 2.28 bits per heavy atom. The highest BCUT2D eigenvalue weighted by Crippen LogP contribution is 2.44. The van der Waals surface area contributed by atoms with Crippen LogP contribution in [0.3, 0.4) is 0 Å². The van der Waals surface area contributed by atoms with Crippen molar-refractivity contribution in [2.45, 2.75) is 44.3 Å². The highest BCUT2D eigenvalue weighted by Gasteiger charge is 2.41. The molecule has 2 aliphatic rings. The predicted octanol–water partition coefficient (Wildman–Crippen LogP) is 4.79.